The largest absolute Gasteiger partial charge is 0.495 e. The molecule has 2 rings (SSSR count). The van der Waals surface area contributed by atoms with E-state index in [0.717, 1.165) is 42.1 Å². The molecule has 0 spiro atoms. The zero-order chi connectivity index (χ0) is 17.7. The van der Waals surface area contributed by atoms with Crippen LogP contribution in [-0.2, 0) is 17.8 Å². The van der Waals surface area contributed by atoms with Gasteiger partial charge >= 0.3 is 6.09 Å². The molecule has 0 fully saturated rings. The third kappa shape index (κ3) is 4.77. The number of hydrogen-bond donors (Lipinski definition) is 2. The van der Waals surface area contributed by atoms with Crippen molar-refractivity contribution in [3.8, 4) is 5.75 Å². The van der Waals surface area contributed by atoms with Gasteiger partial charge in [-0.15, -0.1) is 0 Å². The van der Waals surface area contributed by atoms with Gasteiger partial charge in [0.15, 0.2) is 0 Å². The zero-order valence-electron chi connectivity index (χ0n) is 15.4. The van der Waals surface area contributed by atoms with Crippen LogP contribution in [0.5, 0.6) is 5.75 Å². The number of fused-ring (bicyclic) bond motifs is 1. The highest BCUT2D eigenvalue weighted by atomic mass is 16.6. The molecule has 0 bridgehead atoms. The van der Waals surface area contributed by atoms with Crippen molar-refractivity contribution in [3.63, 3.8) is 0 Å². The molecule has 1 aliphatic heterocycles. The van der Waals surface area contributed by atoms with E-state index in [4.69, 9.17) is 9.47 Å². The lowest BCUT2D eigenvalue weighted by Gasteiger charge is -2.24. The van der Waals surface area contributed by atoms with Crippen LogP contribution in [0, 0.1) is 0 Å². The summed E-state index contributed by atoms with van der Waals surface area (Å²) in [7, 11) is 3.61. The van der Waals surface area contributed by atoms with Crippen LogP contribution in [0.4, 0.5) is 10.5 Å². The fraction of sp³-hybridized carbons (Fsp3) is 0.611. The number of methoxy groups -OCH3 is 1. The number of benzene rings is 1. The van der Waals surface area contributed by atoms with Crippen molar-refractivity contribution in [2.24, 2.45) is 0 Å². The Kier molecular flexibility index (Phi) is 5.94. The van der Waals surface area contributed by atoms with Gasteiger partial charge in [0.05, 0.1) is 12.8 Å². The highest BCUT2D eigenvalue weighted by Gasteiger charge is 2.28. The lowest BCUT2D eigenvalue weighted by Crippen LogP contribution is -2.33. The van der Waals surface area contributed by atoms with Crippen molar-refractivity contribution in [1.29, 1.82) is 0 Å². The second kappa shape index (κ2) is 7.75. The van der Waals surface area contributed by atoms with Gasteiger partial charge in [0, 0.05) is 19.6 Å². The molecule has 1 aliphatic rings. The summed E-state index contributed by atoms with van der Waals surface area (Å²) in [6, 6.07) is 4.10. The third-order valence-corrected chi connectivity index (χ3v) is 3.81. The Morgan fingerprint density at radius 1 is 1.21 bits per heavy atom. The molecule has 0 unspecified atom stereocenters. The standard InChI is InChI=1S/C18H29N3O3/c1-18(2,3)24-17(22)21-11-13-9-15(20-8-6-7-19-4)16(23-5)10-14(13)12-21/h9-10,19-20H,6-8,11-12H2,1-5H3. The Bertz CT molecular complexity index is 582. The van der Waals surface area contributed by atoms with Crippen molar-refractivity contribution >= 4 is 11.8 Å². The summed E-state index contributed by atoms with van der Waals surface area (Å²) in [5.74, 6) is 0.809. The predicted molar refractivity (Wildman–Crippen MR) is 95.5 cm³/mol. The molecule has 0 radical (unpaired) electrons. The van der Waals surface area contributed by atoms with Gasteiger partial charge in [-0.05, 0) is 64.0 Å². The van der Waals surface area contributed by atoms with E-state index in [9.17, 15) is 4.79 Å². The maximum Gasteiger partial charge on any atom is 0.410 e. The molecule has 6 heteroatoms. The van der Waals surface area contributed by atoms with Gasteiger partial charge in [0.25, 0.3) is 0 Å². The predicted octanol–water partition coefficient (Wildman–Crippen LogP) is 2.97. The monoisotopic (exact) mass is 335 g/mol. The molecule has 0 aromatic heterocycles. The van der Waals surface area contributed by atoms with Crippen LogP contribution in [0.25, 0.3) is 0 Å². The molecule has 0 atom stereocenters. The Morgan fingerprint density at radius 3 is 2.46 bits per heavy atom. The highest BCUT2D eigenvalue weighted by molar-refractivity contribution is 5.70. The lowest BCUT2D eigenvalue weighted by atomic mass is 10.1. The SMILES string of the molecule is CNCCCNc1cc2c(cc1OC)CN(C(=O)OC(C)(C)C)C2. The Balaban J connectivity index is 2.06. The van der Waals surface area contributed by atoms with E-state index in [1.165, 1.54) is 0 Å². The summed E-state index contributed by atoms with van der Waals surface area (Å²) < 4.78 is 11.0. The molecular weight excluding hydrogens is 306 g/mol. The summed E-state index contributed by atoms with van der Waals surface area (Å²) in [6.07, 6.45) is 0.752. The molecule has 134 valence electrons. The van der Waals surface area contributed by atoms with E-state index in [1.807, 2.05) is 33.9 Å². The van der Waals surface area contributed by atoms with Gasteiger partial charge in [-0.3, -0.25) is 4.90 Å². The topological polar surface area (TPSA) is 62.8 Å². The van der Waals surface area contributed by atoms with Crippen molar-refractivity contribution in [2.75, 3.05) is 32.6 Å². The second-order valence-electron chi connectivity index (χ2n) is 7.04. The van der Waals surface area contributed by atoms with E-state index in [0.29, 0.717) is 13.1 Å². The molecular formula is C18H29N3O3. The first kappa shape index (κ1) is 18.4. The molecule has 0 aliphatic carbocycles. The van der Waals surface area contributed by atoms with E-state index in [-0.39, 0.29) is 6.09 Å². The van der Waals surface area contributed by atoms with Gasteiger partial charge in [-0.1, -0.05) is 0 Å². The summed E-state index contributed by atoms with van der Waals surface area (Å²) in [5.41, 5.74) is 2.73. The minimum Gasteiger partial charge on any atom is -0.495 e. The van der Waals surface area contributed by atoms with Crippen LogP contribution in [-0.4, -0.2) is 43.8 Å². The number of nitrogens with one attached hydrogen (secondary N) is 2. The quantitative estimate of drug-likeness (QED) is 0.783. The lowest BCUT2D eigenvalue weighted by molar-refractivity contribution is 0.0242. The molecule has 6 nitrogen and oxygen atoms in total. The number of nitrogens with zero attached hydrogens (tertiary/aromatic N) is 1. The summed E-state index contributed by atoms with van der Waals surface area (Å²) in [4.78, 5) is 14.0. The number of amides is 1. The molecule has 1 heterocycles. The highest BCUT2D eigenvalue weighted by Crippen LogP contribution is 2.34. The zero-order valence-corrected chi connectivity index (χ0v) is 15.4. The summed E-state index contributed by atoms with van der Waals surface area (Å²) in [6.45, 7) is 8.59. The normalized spacial score (nSPS) is 13.6. The van der Waals surface area contributed by atoms with E-state index in [2.05, 4.69) is 16.7 Å². The maximum atomic E-state index is 12.3. The minimum atomic E-state index is -0.483. The van der Waals surface area contributed by atoms with Gasteiger partial charge in [0.2, 0.25) is 0 Å². The van der Waals surface area contributed by atoms with Crippen LogP contribution >= 0.6 is 0 Å². The fourth-order valence-electron chi connectivity index (χ4n) is 2.68. The number of ether oxygens (including phenoxy) is 2. The average Bonchev–Trinajstić information content (AvgIpc) is 2.92. The van der Waals surface area contributed by atoms with Gasteiger partial charge in [-0.2, -0.15) is 0 Å². The number of carbonyl (C=O) groups is 1. The van der Waals surface area contributed by atoms with Gasteiger partial charge in [-0.25, -0.2) is 4.79 Å². The summed E-state index contributed by atoms with van der Waals surface area (Å²) in [5, 5.41) is 6.54. The Labute approximate surface area is 144 Å². The van der Waals surface area contributed by atoms with Crippen LogP contribution in [0.2, 0.25) is 0 Å². The van der Waals surface area contributed by atoms with E-state index >= 15 is 0 Å². The van der Waals surface area contributed by atoms with Crippen molar-refractivity contribution in [1.82, 2.24) is 10.2 Å². The first-order valence-corrected chi connectivity index (χ1v) is 8.40. The molecule has 2 N–H and O–H groups in total. The van der Waals surface area contributed by atoms with E-state index in [1.54, 1.807) is 12.0 Å². The number of hydrogen-bond acceptors (Lipinski definition) is 5. The first-order chi connectivity index (χ1) is 11.3. The van der Waals surface area contributed by atoms with Crippen molar-refractivity contribution < 1.29 is 14.3 Å². The van der Waals surface area contributed by atoms with Gasteiger partial charge in [0.1, 0.15) is 11.4 Å². The number of rotatable bonds is 6. The molecule has 1 aromatic carbocycles. The van der Waals surface area contributed by atoms with Crippen LogP contribution in [0.3, 0.4) is 0 Å². The fourth-order valence-corrected chi connectivity index (χ4v) is 2.68. The van der Waals surface area contributed by atoms with Crippen LogP contribution < -0.4 is 15.4 Å². The average molecular weight is 335 g/mol. The molecule has 0 saturated carbocycles. The minimum absolute atomic E-state index is 0.277. The third-order valence-electron chi connectivity index (χ3n) is 3.81. The Morgan fingerprint density at radius 2 is 1.88 bits per heavy atom. The molecule has 1 aromatic rings. The second-order valence-corrected chi connectivity index (χ2v) is 7.04. The van der Waals surface area contributed by atoms with Gasteiger partial charge < -0.3 is 20.1 Å². The molecule has 1 amide bonds. The van der Waals surface area contributed by atoms with Crippen molar-refractivity contribution in [3.05, 3.63) is 23.3 Å². The maximum absolute atomic E-state index is 12.3. The van der Waals surface area contributed by atoms with Crippen LogP contribution in [0.1, 0.15) is 38.3 Å². The van der Waals surface area contributed by atoms with E-state index < -0.39 is 5.60 Å². The Hall–Kier alpha value is -1.95. The number of anilines is 1. The first-order valence-electron chi connectivity index (χ1n) is 8.40. The van der Waals surface area contributed by atoms with Crippen LogP contribution in [0.15, 0.2) is 12.1 Å². The van der Waals surface area contributed by atoms with Crippen molar-refractivity contribution in [2.45, 2.75) is 45.9 Å². The molecule has 0 saturated heterocycles. The summed E-state index contributed by atoms with van der Waals surface area (Å²) >= 11 is 0. The number of carbonyl (C=O) groups excluding carboxylic acids is 1. The molecule has 24 heavy (non-hydrogen) atoms. The smallest absolute Gasteiger partial charge is 0.410 e.